The van der Waals surface area contributed by atoms with Gasteiger partial charge in [0.25, 0.3) is 0 Å². The Bertz CT molecular complexity index is 371. The number of nitrogens with zero attached hydrogens (tertiary/aromatic N) is 2. The zero-order chi connectivity index (χ0) is 16.1. The van der Waals surface area contributed by atoms with Crippen molar-refractivity contribution in [2.75, 3.05) is 0 Å². The summed E-state index contributed by atoms with van der Waals surface area (Å²) in [6, 6.07) is 0. The van der Waals surface area contributed by atoms with Crippen LogP contribution in [0.5, 0.6) is 0 Å². The molecule has 0 bridgehead atoms. The maximum Gasteiger partial charge on any atom is 0.116 e. The Kier molecular flexibility index (Phi) is 10.9. The van der Waals surface area contributed by atoms with Gasteiger partial charge in [-0.3, -0.25) is 0 Å². The molecule has 0 rings (SSSR count). The van der Waals surface area contributed by atoms with E-state index in [4.69, 9.17) is 7.85 Å². The van der Waals surface area contributed by atoms with E-state index in [2.05, 4.69) is 44.2 Å². The van der Waals surface area contributed by atoms with Gasteiger partial charge in [-0.15, -0.1) is 0 Å². The molecular weight excluding hydrogens is 255 g/mol. The molecule has 0 aliphatic carbocycles. The molecule has 0 aliphatic heterocycles. The van der Waals surface area contributed by atoms with Crippen LogP contribution in [0.1, 0.15) is 72.1 Å². The number of allylic oxidation sites excluding steroid dienone is 3. The Morgan fingerprint density at radius 1 is 1.05 bits per heavy atom. The average molecular weight is 286 g/mol. The van der Waals surface area contributed by atoms with Crippen molar-refractivity contribution >= 4 is 7.85 Å². The maximum atomic E-state index is 6.12. The lowest BCUT2D eigenvalue weighted by molar-refractivity contribution is 0.305. The smallest absolute Gasteiger partial charge is 0.116 e. The van der Waals surface area contributed by atoms with Gasteiger partial charge in [0.1, 0.15) is 7.85 Å². The molecule has 0 aromatic rings. The first kappa shape index (κ1) is 19.9. The number of azo groups is 1. The highest BCUT2D eigenvalue weighted by atomic mass is 15.1. The van der Waals surface area contributed by atoms with Crippen LogP contribution in [-0.4, -0.2) is 7.85 Å². The number of hydrogen-bond donors (Lipinski definition) is 0. The second-order valence-corrected chi connectivity index (χ2v) is 5.88. The molecule has 21 heavy (non-hydrogen) atoms. The van der Waals surface area contributed by atoms with E-state index in [1.165, 1.54) is 44.7 Å². The lowest BCUT2D eigenvalue weighted by Gasteiger charge is -2.31. The number of unbranched alkanes of at least 4 members (excludes halogenated alkanes) is 4. The highest BCUT2D eigenvalue weighted by Crippen LogP contribution is 2.40. The van der Waals surface area contributed by atoms with Crippen molar-refractivity contribution < 1.29 is 0 Å². The van der Waals surface area contributed by atoms with Crippen molar-refractivity contribution in [2.24, 2.45) is 15.6 Å². The summed E-state index contributed by atoms with van der Waals surface area (Å²) in [6.07, 6.45) is 12.6. The summed E-state index contributed by atoms with van der Waals surface area (Å²) < 4.78 is 0. The van der Waals surface area contributed by atoms with Gasteiger partial charge in [0.05, 0.1) is 5.70 Å². The summed E-state index contributed by atoms with van der Waals surface area (Å²) >= 11 is 0. The second-order valence-electron chi connectivity index (χ2n) is 5.88. The van der Waals surface area contributed by atoms with E-state index in [1.807, 2.05) is 0 Å². The summed E-state index contributed by atoms with van der Waals surface area (Å²) in [6.45, 7) is 14.1. The molecule has 0 saturated carbocycles. The molecule has 0 aliphatic rings. The van der Waals surface area contributed by atoms with E-state index < -0.39 is 0 Å². The zero-order valence-corrected chi connectivity index (χ0v) is 14.2. The van der Waals surface area contributed by atoms with Crippen LogP contribution in [0.2, 0.25) is 0 Å². The van der Waals surface area contributed by atoms with Crippen LogP contribution in [-0.2, 0) is 0 Å². The van der Waals surface area contributed by atoms with Crippen molar-refractivity contribution in [3.05, 3.63) is 36.6 Å². The van der Waals surface area contributed by atoms with Crippen LogP contribution < -0.4 is 0 Å². The fourth-order valence-corrected chi connectivity index (χ4v) is 2.59. The van der Waals surface area contributed by atoms with Crippen molar-refractivity contribution in [2.45, 2.75) is 72.1 Å². The molecule has 2 nitrogen and oxygen atoms in total. The highest BCUT2D eigenvalue weighted by Gasteiger charge is 2.29. The number of rotatable bonds is 12. The lowest BCUT2D eigenvalue weighted by atomic mass is 9.73. The molecule has 0 N–H and O–H groups in total. The summed E-state index contributed by atoms with van der Waals surface area (Å²) in [7, 11) is 6.12. The van der Waals surface area contributed by atoms with Crippen molar-refractivity contribution in [3.8, 4) is 0 Å². The Hall–Kier alpha value is -1.12. The molecule has 116 valence electrons. The third-order valence-electron chi connectivity index (χ3n) is 3.97. The molecule has 0 fully saturated rings. The minimum atomic E-state index is -0.0332. The first-order valence-electron chi connectivity index (χ1n) is 8.20. The predicted octanol–water partition coefficient (Wildman–Crippen LogP) is 6.32. The fourth-order valence-electron chi connectivity index (χ4n) is 2.59. The first-order valence-corrected chi connectivity index (χ1v) is 8.20. The summed E-state index contributed by atoms with van der Waals surface area (Å²) in [5.41, 5.74) is 1.46. The average Bonchev–Trinajstić information content (AvgIpc) is 2.49. The fraction of sp³-hybridized carbons (Fsp3) is 0.667. The Balaban J connectivity index is 5.23. The van der Waals surface area contributed by atoms with Gasteiger partial charge in [-0.1, -0.05) is 84.0 Å². The molecule has 1 unspecified atom stereocenters. The lowest BCUT2D eigenvalue weighted by Crippen LogP contribution is -2.20. The van der Waals surface area contributed by atoms with Gasteiger partial charge in [0.2, 0.25) is 0 Å². The minimum Gasteiger partial charge on any atom is -0.160 e. The summed E-state index contributed by atoms with van der Waals surface area (Å²) in [5.74, 6) is 0. The molecule has 0 aromatic carbocycles. The largest absolute Gasteiger partial charge is 0.160 e. The molecule has 2 radical (unpaired) electrons. The van der Waals surface area contributed by atoms with Crippen LogP contribution >= 0.6 is 0 Å². The van der Waals surface area contributed by atoms with E-state index in [-0.39, 0.29) is 5.41 Å². The molecule has 0 amide bonds. The van der Waals surface area contributed by atoms with E-state index >= 15 is 0 Å². The molecule has 3 heteroatoms. The van der Waals surface area contributed by atoms with Crippen LogP contribution in [0.25, 0.3) is 0 Å². The van der Waals surface area contributed by atoms with E-state index in [0.717, 1.165) is 18.5 Å². The SMILES string of the molecule is [B]/C(C=C)=C(/N=NC=C)C(C)(CCCC)CCCCCC. The monoisotopic (exact) mass is 286 g/mol. The third-order valence-corrected chi connectivity index (χ3v) is 3.97. The Morgan fingerprint density at radius 2 is 1.67 bits per heavy atom. The van der Waals surface area contributed by atoms with Crippen LogP contribution in [0.3, 0.4) is 0 Å². The van der Waals surface area contributed by atoms with Gasteiger partial charge < -0.3 is 0 Å². The first-order chi connectivity index (χ1) is 10.1. The molecular formula is C18H31BN2. The molecule has 0 saturated heterocycles. The third kappa shape index (κ3) is 7.45. The quantitative estimate of drug-likeness (QED) is 0.174. The second kappa shape index (κ2) is 11.5. The molecule has 0 heterocycles. The maximum absolute atomic E-state index is 6.12. The predicted molar refractivity (Wildman–Crippen MR) is 94.4 cm³/mol. The van der Waals surface area contributed by atoms with Gasteiger partial charge in [-0.25, -0.2) is 0 Å². The Morgan fingerprint density at radius 3 is 2.19 bits per heavy atom. The highest BCUT2D eigenvalue weighted by molar-refractivity contribution is 6.23. The van der Waals surface area contributed by atoms with Crippen LogP contribution in [0, 0.1) is 5.41 Å². The topological polar surface area (TPSA) is 24.7 Å². The van der Waals surface area contributed by atoms with E-state index in [0.29, 0.717) is 5.47 Å². The van der Waals surface area contributed by atoms with Gasteiger partial charge in [-0.05, 0) is 12.8 Å². The normalized spacial score (nSPS) is 15.6. The summed E-state index contributed by atoms with van der Waals surface area (Å²) in [4.78, 5) is 0. The van der Waals surface area contributed by atoms with Gasteiger partial charge in [0, 0.05) is 11.6 Å². The van der Waals surface area contributed by atoms with E-state index in [9.17, 15) is 0 Å². The molecule has 1 atom stereocenters. The number of hydrogen-bond acceptors (Lipinski definition) is 2. The minimum absolute atomic E-state index is 0.0332. The van der Waals surface area contributed by atoms with Gasteiger partial charge in [-0.2, -0.15) is 10.2 Å². The van der Waals surface area contributed by atoms with Crippen molar-refractivity contribution in [1.29, 1.82) is 0 Å². The Labute approximate surface area is 132 Å². The van der Waals surface area contributed by atoms with Gasteiger partial charge >= 0.3 is 0 Å². The van der Waals surface area contributed by atoms with Crippen molar-refractivity contribution in [3.63, 3.8) is 0 Å². The zero-order valence-electron chi connectivity index (χ0n) is 14.2. The molecule has 0 aromatic heterocycles. The van der Waals surface area contributed by atoms with Crippen LogP contribution in [0.15, 0.2) is 46.8 Å². The standard InChI is InChI=1S/C18H31BN2/c1-6-10-12-13-15-18(5,14-11-7-2)17(16(19)8-3)21-20-9-4/h8-9H,3-4,6-7,10-15H2,1-2,5H3/b17-16+,21-20?. The molecule has 0 spiro atoms. The van der Waals surface area contributed by atoms with Gasteiger partial charge in [0.15, 0.2) is 0 Å². The van der Waals surface area contributed by atoms with Crippen molar-refractivity contribution in [1.82, 2.24) is 0 Å². The summed E-state index contributed by atoms with van der Waals surface area (Å²) in [5, 5.41) is 8.29. The van der Waals surface area contributed by atoms with Crippen LogP contribution in [0.4, 0.5) is 0 Å². The van der Waals surface area contributed by atoms with E-state index in [1.54, 1.807) is 6.08 Å².